The molecule has 5 heteroatoms. The second kappa shape index (κ2) is 6.33. The third kappa shape index (κ3) is 3.12. The Kier molecular flexibility index (Phi) is 4.27. The Morgan fingerprint density at radius 1 is 1.10 bits per heavy atom. The van der Waals surface area contributed by atoms with Gasteiger partial charge in [-0.3, -0.25) is 0 Å². The first-order valence-electron chi connectivity index (χ1n) is 6.80. The number of nitrogens with zero attached hydrogens (tertiary/aromatic N) is 1. The molecule has 0 radical (unpaired) electrons. The molecule has 0 atom stereocenters. The summed E-state index contributed by atoms with van der Waals surface area (Å²) in [6, 6.07) is 15.6. The number of fused-ring (bicyclic) bond motifs is 1. The van der Waals surface area contributed by atoms with Gasteiger partial charge in [0.2, 0.25) is 0 Å². The quantitative estimate of drug-likeness (QED) is 0.540. The number of halogens is 1. The number of nitrogens with one attached hydrogen (secondary N) is 1. The van der Waals surface area contributed by atoms with Gasteiger partial charge in [0.25, 0.3) is 0 Å². The third-order valence-electron chi connectivity index (χ3n) is 3.28. The van der Waals surface area contributed by atoms with E-state index >= 15 is 0 Å². The van der Waals surface area contributed by atoms with E-state index in [1.807, 2.05) is 53.1 Å². The van der Waals surface area contributed by atoms with Crippen LogP contribution in [-0.2, 0) is 6.54 Å². The molecule has 0 spiro atoms. The van der Waals surface area contributed by atoms with Crippen LogP contribution in [0.4, 0.5) is 0 Å². The number of aromatic amines is 1. The smallest absolute Gasteiger partial charge is 0.178 e. The summed E-state index contributed by atoms with van der Waals surface area (Å²) in [6.07, 6.45) is 0.862. The number of imidazole rings is 1. The molecule has 2 aromatic carbocycles. The molecule has 0 aliphatic carbocycles. The van der Waals surface area contributed by atoms with Crippen LogP contribution in [0.15, 0.2) is 48.5 Å². The van der Waals surface area contributed by atoms with E-state index in [1.165, 1.54) is 0 Å². The number of aryl methyl sites for hydroxylation is 1. The highest BCUT2D eigenvalue weighted by Crippen LogP contribution is 2.23. The summed E-state index contributed by atoms with van der Waals surface area (Å²) in [4.78, 5) is 3.18. The molecule has 21 heavy (non-hydrogen) atoms. The fraction of sp³-hybridized carbons (Fsp3) is 0.188. The lowest BCUT2D eigenvalue weighted by Crippen LogP contribution is -2.04. The van der Waals surface area contributed by atoms with E-state index < -0.39 is 0 Å². The van der Waals surface area contributed by atoms with Gasteiger partial charge in [-0.1, -0.05) is 35.9 Å². The van der Waals surface area contributed by atoms with Crippen LogP contribution in [0, 0.1) is 4.77 Å². The van der Waals surface area contributed by atoms with Crippen LogP contribution in [-0.4, -0.2) is 16.2 Å². The van der Waals surface area contributed by atoms with Gasteiger partial charge in [0.05, 0.1) is 22.7 Å². The van der Waals surface area contributed by atoms with Gasteiger partial charge in [-0.15, -0.1) is 0 Å². The Bertz CT molecular complexity index is 795. The van der Waals surface area contributed by atoms with Crippen molar-refractivity contribution < 1.29 is 4.74 Å². The van der Waals surface area contributed by atoms with Gasteiger partial charge >= 0.3 is 0 Å². The molecule has 3 nitrogen and oxygen atoms in total. The van der Waals surface area contributed by atoms with Crippen molar-refractivity contribution in [1.82, 2.24) is 9.55 Å². The molecule has 3 rings (SSSR count). The summed E-state index contributed by atoms with van der Waals surface area (Å²) in [7, 11) is 0. The number of hydrogen-bond acceptors (Lipinski definition) is 2. The number of aromatic nitrogens is 2. The predicted octanol–water partition coefficient (Wildman–Crippen LogP) is 4.82. The molecule has 3 aromatic rings. The fourth-order valence-corrected chi connectivity index (χ4v) is 2.89. The minimum Gasteiger partial charge on any atom is -0.494 e. The maximum Gasteiger partial charge on any atom is 0.178 e. The molecule has 0 saturated heterocycles. The van der Waals surface area contributed by atoms with Gasteiger partial charge in [-0.05, 0) is 42.9 Å². The normalized spacial score (nSPS) is 10.9. The summed E-state index contributed by atoms with van der Waals surface area (Å²) in [5.41, 5.74) is 1.93. The maximum absolute atomic E-state index is 6.27. The SMILES string of the molecule is S=c1[nH]c2cccc(Cl)c2n1CCCOc1ccccc1. The molecule has 0 fully saturated rings. The zero-order chi connectivity index (χ0) is 14.7. The van der Waals surface area contributed by atoms with E-state index in [2.05, 4.69) is 4.98 Å². The number of para-hydroxylation sites is 2. The topological polar surface area (TPSA) is 29.9 Å². The number of hydrogen-bond donors (Lipinski definition) is 1. The lowest BCUT2D eigenvalue weighted by atomic mass is 10.3. The fourth-order valence-electron chi connectivity index (χ4n) is 2.32. The average molecular weight is 319 g/mol. The van der Waals surface area contributed by atoms with Crippen LogP contribution in [0.2, 0.25) is 5.02 Å². The second-order valence-corrected chi connectivity index (χ2v) is 5.53. The van der Waals surface area contributed by atoms with E-state index in [1.54, 1.807) is 0 Å². The van der Waals surface area contributed by atoms with Gasteiger partial charge in [0.15, 0.2) is 4.77 Å². The first-order valence-corrected chi connectivity index (χ1v) is 7.59. The van der Waals surface area contributed by atoms with Gasteiger partial charge < -0.3 is 14.3 Å². The Morgan fingerprint density at radius 3 is 2.71 bits per heavy atom. The van der Waals surface area contributed by atoms with Crippen LogP contribution in [0.5, 0.6) is 5.75 Å². The van der Waals surface area contributed by atoms with Gasteiger partial charge in [0.1, 0.15) is 5.75 Å². The van der Waals surface area contributed by atoms with E-state index in [0.717, 1.165) is 29.7 Å². The maximum atomic E-state index is 6.27. The first-order chi connectivity index (χ1) is 10.3. The Balaban J connectivity index is 1.68. The van der Waals surface area contributed by atoms with Crippen molar-refractivity contribution in [3.63, 3.8) is 0 Å². The third-order valence-corrected chi connectivity index (χ3v) is 3.91. The Labute approximate surface area is 133 Å². The van der Waals surface area contributed by atoms with Crippen molar-refractivity contribution in [1.29, 1.82) is 0 Å². The zero-order valence-electron chi connectivity index (χ0n) is 11.4. The Morgan fingerprint density at radius 2 is 1.90 bits per heavy atom. The van der Waals surface area contributed by atoms with Gasteiger partial charge in [0, 0.05) is 6.54 Å². The van der Waals surface area contributed by atoms with Crippen LogP contribution >= 0.6 is 23.8 Å². The standard InChI is InChI=1S/C16H15ClN2OS/c17-13-8-4-9-14-15(13)19(16(21)18-14)10-5-11-20-12-6-2-1-3-7-12/h1-4,6-9H,5,10-11H2,(H,18,21). The van der Waals surface area contributed by atoms with Crippen LogP contribution < -0.4 is 4.74 Å². The molecule has 0 bridgehead atoms. The lowest BCUT2D eigenvalue weighted by molar-refractivity contribution is 0.302. The molecule has 0 aliphatic heterocycles. The highest BCUT2D eigenvalue weighted by atomic mass is 35.5. The van der Waals surface area contributed by atoms with Crippen LogP contribution in [0.25, 0.3) is 11.0 Å². The average Bonchev–Trinajstić information content (AvgIpc) is 2.82. The molecule has 0 amide bonds. The molecule has 1 aromatic heterocycles. The van der Waals surface area contributed by atoms with Crippen molar-refractivity contribution in [3.05, 3.63) is 58.3 Å². The van der Waals surface area contributed by atoms with Crippen LogP contribution in [0.1, 0.15) is 6.42 Å². The van der Waals surface area contributed by atoms with E-state index in [0.29, 0.717) is 16.4 Å². The summed E-state index contributed by atoms with van der Waals surface area (Å²) < 4.78 is 8.42. The molecular formula is C16H15ClN2OS. The highest BCUT2D eigenvalue weighted by Gasteiger charge is 2.07. The molecule has 1 N–H and O–H groups in total. The number of H-pyrrole nitrogens is 1. The van der Waals surface area contributed by atoms with Crippen molar-refractivity contribution in [3.8, 4) is 5.75 Å². The number of rotatable bonds is 5. The Hall–Kier alpha value is -1.78. The summed E-state index contributed by atoms with van der Waals surface area (Å²) in [5, 5.41) is 0.712. The molecule has 1 heterocycles. The molecule has 0 aliphatic rings. The van der Waals surface area contributed by atoms with E-state index in [9.17, 15) is 0 Å². The number of ether oxygens (including phenoxy) is 1. The van der Waals surface area contributed by atoms with Gasteiger partial charge in [-0.2, -0.15) is 0 Å². The minimum absolute atomic E-state index is 0.642. The number of benzene rings is 2. The van der Waals surface area contributed by atoms with Crippen molar-refractivity contribution in [2.75, 3.05) is 6.61 Å². The summed E-state index contributed by atoms with van der Waals surface area (Å²) in [6.45, 7) is 1.41. The van der Waals surface area contributed by atoms with E-state index in [4.69, 9.17) is 28.6 Å². The summed E-state index contributed by atoms with van der Waals surface area (Å²) >= 11 is 11.6. The molecule has 0 saturated carbocycles. The monoisotopic (exact) mass is 318 g/mol. The van der Waals surface area contributed by atoms with Crippen molar-refractivity contribution in [2.24, 2.45) is 0 Å². The molecular weight excluding hydrogens is 304 g/mol. The lowest BCUT2D eigenvalue weighted by Gasteiger charge is -2.08. The van der Waals surface area contributed by atoms with Gasteiger partial charge in [-0.25, -0.2) is 0 Å². The predicted molar refractivity (Wildman–Crippen MR) is 88.7 cm³/mol. The van der Waals surface area contributed by atoms with Crippen LogP contribution in [0.3, 0.4) is 0 Å². The first kappa shape index (κ1) is 14.2. The molecule has 108 valence electrons. The summed E-state index contributed by atoms with van der Waals surface area (Å²) in [5.74, 6) is 0.887. The largest absolute Gasteiger partial charge is 0.494 e. The molecule has 0 unspecified atom stereocenters. The van der Waals surface area contributed by atoms with E-state index in [-0.39, 0.29) is 0 Å². The van der Waals surface area contributed by atoms with Crippen molar-refractivity contribution in [2.45, 2.75) is 13.0 Å². The highest BCUT2D eigenvalue weighted by molar-refractivity contribution is 7.71. The second-order valence-electron chi connectivity index (χ2n) is 4.73. The van der Waals surface area contributed by atoms with Crippen molar-refractivity contribution >= 4 is 34.9 Å². The minimum atomic E-state index is 0.642. The zero-order valence-corrected chi connectivity index (χ0v) is 13.0.